The highest BCUT2D eigenvalue weighted by atomic mass is 127. The van der Waals surface area contributed by atoms with Crippen molar-refractivity contribution < 1.29 is 14.3 Å². The zero-order valence-electron chi connectivity index (χ0n) is 19.3. The summed E-state index contributed by atoms with van der Waals surface area (Å²) in [5, 5.41) is 5.25. The lowest BCUT2D eigenvalue weighted by molar-refractivity contribution is 0.0487. The first kappa shape index (κ1) is 25.6. The number of hydrazine groups is 1. The average molecular weight is 689 g/mol. The van der Waals surface area contributed by atoms with Crippen molar-refractivity contribution in [3.8, 4) is 5.75 Å². The molecule has 1 heterocycles. The summed E-state index contributed by atoms with van der Waals surface area (Å²) in [4.78, 5) is 26.8. The molecule has 1 aliphatic heterocycles. The van der Waals surface area contributed by atoms with Crippen molar-refractivity contribution >= 4 is 67.6 Å². The van der Waals surface area contributed by atoms with Crippen LogP contribution in [0.4, 0.5) is 5.69 Å². The van der Waals surface area contributed by atoms with Gasteiger partial charge in [-0.2, -0.15) is 0 Å². The van der Waals surface area contributed by atoms with Crippen LogP contribution in [-0.2, 0) is 6.61 Å². The summed E-state index contributed by atoms with van der Waals surface area (Å²) in [6, 6.07) is 27.4. The highest BCUT2D eigenvalue weighted by molar-refractivity contribution is 14.1. The summed E-state index contributed by atoms with van der Waals surface area (Å²) in [7, 11) is 0. The molecule has 1 aliphatic rings. The lowest BCUT2D eigenvalue weighted by Crippen LogP contribution is -2.53. The Hall–Kier alpha value is -3.08. The number of fused-ring (bicyclic) bond motifs is 1. The van der Waals surface area contributed by atoms with E-state index in [9.17, 15) is 9.59 Å². The van der Waals surface area contributed by atoms with Crippen LogP contribution in [0.15, 0.2) is 95.5 Å². The van der Waals surface area contributed by atoms with Crippen LogP contribution in [0.25, 0.3) is 0 Å². The molecule has 5 rings (SSSR count). The van der Waals surface area contributed by atoms with Crippen molar-refractivity contribution in [1.82, 2.24) is 10.4 Å². The van der Waals surface area contributed by atoms with E-state index in [-0.39, 0.29) is 5.91 Å². The average Bonchev–Trinajstić information content (AvgIpc) is 2.90. The molecule has 6 nitrogen and oxygen atoms in total. The highest BCUT2D eigenvalue weighted by Gasteiger charge is 2.36. The maximum atomic E-state index is 13.7. The summed E-state index contributed by atoms with van der Waals surface area (Å²) in [6.07, 6.45) is -0.713. The quantitative estimate of drug-likeness (QED) is 0.211. The van der Waals surface area contributed by atoms with Gasteiger partial charge < -0.3 is 10.1 Å². The molecule has 0 radical (unpaired) electrons. The SMILES string of the molecule is O=C(NN1C(=O)c2cc(I)ccc2N[C@H]1c1ccccc1OCc1cccc(Br)c1)c1ccc(Cl)cc1. The number of benzene rings is 4. The van der Waals surface area contributed by atoms with Crippen molar-refractivity contribution in [1.29, 1.82) is 0 Å². The first-order valence-electron chi connectivity index (χ1n) is 11.3. The van der Waals surface area contributed by atoms with Crippen molar-refractivity contribution in [3.63, 3.8) is 0 Å². The normalized spacial score (nSPS) is 14.5. The first-order chi connectivity index (χ1) is 17.9. The second-order valence-electron chi connectivity index (χ2n) is 8.32. The number of hydrogen-bond acceptors (Lipinski definition) is 4. The second-order valence-corrected chi connectivity index (χ2v) is 10.9. The predicted molar refractivity (Wildman–Crippen MR) is 156 cm³/mol. The third-order valence-electron chi connectivity index (χ3n) is 5.81. The molecule has 0 saturated carbocycles. The number of halogens is 3. The number of anilines is 1. The van der Waals surface area contributed by atoms with Gasteiger partial charge in [0.15, 0.2) is 6.17 Å². The van der Waals surface area contributed by atoms with Crippen molar-refractivity contribution in [2.24, 2.45) is 0 Å². The lowest BCUT2D eigenvalue weighted by atomic mass is 10.0. The van der Waals surface area contributed by atoms with Crippen LogP contribution in [0, 0.1) is 3.57 Å². The van der Waals surface area contributed by atoms with Crippen molar-refractivity contribution in [2.45, 2.75) is 12.8 Å². The first-order valence-corrected chi connectivity index (χ1v) is 13.6. The molecule has 0 saturated heterocycles. The Balaban J connectivity index is 1.50. The molecule has 0 spiro atoms. The largest absolute Gasteiger partial charge is 0.488 e. The fourth-order valence-electron chi connectivity index (χ4n) is 4.01. The zero-order valence-corrected chi connectivity index (χ0v) is 23.7. The molecule has 9 heteroatoms. The highest BCUT2D eigenvalue weighted by Crippen LogP contribution is 2.37. The number of rotatable bonds is 6. The van der Waals surface area contributed by atoms with Gasteiger partial charge in [0, 0.05) is 29.9 Å². The number of carbonyl (C=O) groups excluding carboxylic acids is 2. The summed E-state index contributed by atoms with van der Waals surface area (Å²) in [6.45, 7) is 0.336. The molecular formula is C28H20BrClIN3O3. The zero-order chi connectivity index (χ0) is 25.9. The van der Waals surface area contributed by atoms with E-state index < -0.39 is 12.1 Å². The number of ether oxygens (including phenoxy) is 1. The van der Waals surface area contributed by atoms with E-state index in [4.69, 9.17) is 16.3 Å². The van der Waals surface area contributed by atoms with Gasteiger partial charge in [-0.3, -0.25) is 15.0 Å². The van der Waals surface area contributed by atoms with E-state index in [2.05, 4.69) is 49.3 Å². The minimum absolute atomic E-state index is 0.332. The fraction of sp³-hybridized carbons (Fsp3) is 0.0714. The molecule has 0 aromatic heterocycles. The van der Waals surface area contributed by atoms with Crippen LogP contribution in [0.3, 0.4) is 0 Å². The predicted octanol–water partition coefficient (Wildman–Crippen LogP) is 7.20. The Bertz CT molecular complexity index is 1480. The lowest BCUT2D eigenvalue weighted by Gasteiger charge is -2.38. The van der Waals surface area contributed by atoms with Gasteiger partial charge in [-0.1, -0.05) is 57.9 Å². The van der Waals surface area contributed by atoms with Gasteiger partial charge in [-0.15, -0.1) is 0 Å². The van der Waals surface area contributed by atoms with E-state index in [1.165, 1.54) is 5.01 Å². The maximum Gasteiger partial charge on any atom is 0.276 e. The molecule has 0 bridgehead atoms. The van der Waals surface area contributed by atoms with Crippen molar-refractivity contribution in [2.75, 3.05) is 5.32 Å². The number of nitrogens with zero attached hydrogens (tertiary/aromatic N) is 1. The summed E-state index contributed by atoms with van der Waals surface area (Å²) >= 11 is 11.6. The number of para-hydroxylation sites is 1. The van der Waals surface area contributed by atoms with Crippen molar-refractivity contribution in [3.05, 3.63) is 126 Å². The standard InChI is InChI=1S/C28H20BrClIN3O3/c29-19-5-3-4-17(14-19)16-37-25-7-2-1-6-22(25)26-32-24-13-12-21(31)15-23(24)28(36)34(26)33-27(35)18-8-10-20(30)11-9-18/h1-15,26,32H,16H2,(H,33,35)/t26-/m1/s1. The molecule has 4 aromatic rings. The third-order valence-corrected chi connectivity index (χ3v) is 7.22. The molecule has 37 heavy (non-hydrogen) atoms. The molecule has 0 aliphatic carbocycles. The van der Waals surface area contributed by atoms with E-state index in [1.807, 2.05) is 60.7 Å². The summed E-state index contributed by atoms with van der Waals surface area (Å²) in [5.74, 6) is -0.174. The van der Waals surface area contributed by atoms with Gasteiger partial charge in [0.1, 0.15) is 12.4 Å². The Morgan fingerprint density at radius 1 is 1.03 bits per heavy atom. The Morgan fingerprint density at radius 2 is 1.81 bits per heavy atom. The fourth-order valence-corrected chi connectivity index (χ4v) is 5.08. The Labute approximate surface area is 241 Å². The molecule has 2 N–H and O–H groups in total. The third kappa shape index (κ3) is 5.76. The van der Waals surface area contributed by atoms with E-state index in [0.29, 0.717) is 39.8 Å². The van der Waals surface area contributed by atoms with E-state index in [0.717, 1.165) is 13.6 Å². The van der Waals surface area contributed by atoms with Gasteiger partial charge in [0.25, 0.3) is 11.8 Å². The van der Waals surface area contributed by atoms with Gasteiger partial charge in [0.2, 0.25) is 0 Å². The van der Waals surface area contributed by atoms with Gasteiger partial charge in [-0.05, 0) is 88.8 Å². The number of nitrogens with one attached hydrogen (secondary N) is 2. The van der Waals surface area contributed by atoms with E-state index >= 15 is 0 Å². The Kier molecular flexibility index (Phi) is 7.68. The molecule has 4 aromatic carbocycles. The minimum atomic E-state index is -0.713. The number of carbonyl (C=O) groups is 2. The molecule has 2 amide bonds. The summed E-state index contributed by atoms with van der Waals surface area (Å²) in [5.41, 5.74) is 6.01. The number of amides is 2. The van der Waals surface area contributed by atoms with Crippen LogP contribution in [0.2, 0.25) is 5.02 Å². The van der Waals surface area contributed by atoms with Crippen LogP contribution >= 0.6 is 50.1 Å². The maximum absolute atomic E-state index is 13.7. The molecule has 0 fully saturated rings. The topological polar surface area (TPSA) is 70.7 Å². The van der Waals surface area contributed by atoms with Gasteiger partial charge in [-0.25, -0.2) is 5.01 Å². The Morgan fingerprint density at radius 3 is 2.59 bits per heavy atom. The molecule has 186 valence electrons. The van der Waals surface area contributed by atoms with Gasteiger partial charge >= 0.3 is 0 Å². The van der Waals surface area contributed by atoms with Crippen LogP contribution in [0.5, 0.6) is 5.75 Å². The monoisotopic (exact) mass is 687 g/mol. The molecule has 1 atom stereocenters. The van der Waals surface area contributed by atoms with Crippen LogP contribution in [-0.4, -0.2) is 16.8 Å². The smallest absolute Gasteiger partial charge is 0.276 e. The molecular weight excluding hydrogens is 669 g/mol. The van der Waals surface area contributed by atoms with Crippen LogP contribution in [0.1, 0.15) is 38.0 Å². The minimum Gasteiger partial charge on any atom is -0.488 e. The summed E-state index contributed by atoms with van der Waals surface area (Å²) < 4.78 is 8.07. The molecule has 0 unspecified atom stereocenters. The second kappa shape index (κ2) is 11.1. The number of hydrogen-bond donors (Lipinski definition) is 2. The van der Waals surface area contributed by atoms with E-state index in [1.54, 1.807) is 30.3 Å². The van der Waals surface area contributed by atoms with Gasteiger partial charge in [0.05, 0.1) is 5.56 Å². The van der Waals surface area contributed by atoms with Crippen LogP contribution < -0.4 is 15.5 Å².